The standard InChI is InChI=1S/C15H18N2O3/c1-10(11-6-4-5-7-14(11)20-3)8-13(18)12(9-16)15(19)17-2/h4-7,10,12H,8H2,1-3H3,(H,17,19)/t10-,12+/m1/s1. The maximum absolute atomic E-state index is 12.0. The van der Waals surface area contributed by atoms with E-state index in [0.717, 1.165) is 5.56 Å². The van der Waals surface area contributed by atoms with Gasteiger partial charge in [0.05, 0.1) is 13.2 Å². The third-order valence-electron chi connectivity index (χ3n) is 3.14. The number of nitrogens with one attached hydrogen (secondary N) is 1. The lowest BCUT2D eigenvalue weighted by molar-refractivity contribution is -0.131. The van der Waals surface area contributed by atoms with Crippen LogP contribution >= 0.6 is 0 Å². The van der Waals surface area contributed by atoms with E-state index in [4.69, 9.17) is 10.00 Å². The first-order valence-corrected chi connectivity index (χ1v) is 6.32. The molecule has 1 amide bonds. The normalized spacial score (nSPS) is 12.9. The number of carbonyl (C=O) groups is 2. The molecular weight excluding hydrogens is 256 g/mol. The smallest absolute Gasteiger partial charge is 0.244 e. The molecule has 20 heavy (non-hydrogen) atoms. The zero-order chi connectivity index (χ0) is 15.1. The van der Waals surface area contributed by atoms with Gasteiger partial charge in [-0.15, -0.1) is 0 Å². The number of rotatable bonds is 6. The summed E-state index contributed by atoms with van der Waals surface area (Å²) in [4.78, 5) is 23.5. The quantitative estimate of drug-likeness (QED) is 0.800. The highest BCUT2D eigenvalue weighted by Gasteiger charge is 2.27. The minimum Gasteiger partial charge on any atom is -0.496 e. The first kappa shape index (κ1) is 15.7. The van der Waals surface area contributed by atoms with Crippen molar-refractivity contribution in [2.45, 2.75) is 19.3 Å². The van der Waals surface area contributed by atoms with Crippen molar-refractivity contribution < 1.29 is 14.3 Å². The van der Waals surface area contributed by atoms with Crippen molar-refractivity contribution in [3.8, 4) is 11.8 Å². The van der Waals surface area contributed by atoms with E-state index >= 15 is 0 Å². The molecule has 1 N–H and O–H groups in total. The third-order valence-corrected chi connectivity index (χ3v) is 3.14. The van der Waals surface area contributed by atoms with Gasteiger partial charge in [-0.2, -0.15) is 5.26 Å². The molecule has 5 heteroatoms. The van der Waals surface area contributed by atoms with Gasteiger partial charge in [0.1, 0.15) is 5.75 Å². The van der Waals surface area contributed by atoms with Crippen LogP contribution in [0.4, 0.5) is 0 Å². The van der Waals surface area contributed by atoms with Gasteiger partial charge in [-0.05, 0) is 17.5 Å². The van der Waals surface area contributed by atoms with Crippen molar-refractivity contribution in [1.82, 2.24) is 5.32 Å². The summed E-state index contributed by atoms with van der Waals surface area (Å²) in [6.45, 7) is 1.87. The van der Waals surface area contributed by atoms with Crippen molar-refractivity contribution in [2.24, 2.45) is 5.92 Å². The average molecular weight is 274 g/mol. The minimum atomic E-state index is -1.25. The molecule has 0 fully saturated rings. The lowest BCUT2D eigenvalue weighted by Gasteiger charge is -2.16. The van der Waals surface area contributed by atoms with Gasteiger partial charge in [-0.1, -0.05) is 25.1 Å². The van der Waals surface area contributed by atoms with Gasteiger partial charge in [0.2, 0.25) is 5.91 Å². The maximum atomic E-state index is 12.0. The second kappa shape index (κ2) is 7.29. The predicted molar refractivity (Wildman–Crippen MR) is 74.2 cm³/mol. The van der Waals surface area contributed by atoms with Gasteiger partial charge in [0.25, 0.3) is 0 Å². The summed E-state index contributed by atoms with van der Waals surface area (Å²) < 4.78 is 5.25. The zero-order valence-electron chi connectivity index (χ0n) is 11.8. The molecule has 0 saturated heterocycles. The molecule has 0 spiro atoms. The van der Waals surface area contributed by atoms with E-state index in [1.165, 1.54) is 7.05 Å². The summed E-state index contributed by atoms with van der Waals surface area (Å²) in [6, 6.07) is 9.14. The number of amides is 1. The summed E-state index contributed by atoms with van der Waals surface area (Å²) in [5.41, 5.74) is 0.886. The fourth-order valence-electron chi connectivity index (χ4n) is 2.02. The number of carbonyl (C=O) groups excluding carboxylic acids is 2. The minimum absolute atomic E-state index is 0.117. The van der Waals surface area contributed by atoms with E-state index in [1.54, 1.807) is 13.2 Å². The molecule has 0 aliphatic carbocycles. The highest BCUT2D eigenvalue weighted by Crippen LogP contribution is 2.29. The topological polar surface area (TPSA) is 79.2 Å². The van der Waals surface area contributed by atoms with E-state index in [1.807, 2.05) is 31.2 Å². The number of nitriles is 1. The molecule has 106 valence electrons. The molecule has 0 aromatic heterocycles. The Hall–Kier alpha value is -2.35. The van der Waals surface area contributed by atoms with Gasteiger partial charge in [0, 0.05) is 13.5 Å². The first-order valence-electron chi connectivity index (χ1n) is 6.32. The molecule has 0 aliphatic heterocycles. The Balaban J connectivity index is 2.85. The number of hydrogen-bond acceptors (Lipinski definition) is 4. The molecule has 5 nitrogen and oxygen atoms in total. The predicted octanol–water partition coefficient (Wildman–Crippen LogP) is 1.64. The van der Waals surface area contributed by atoms with Crippen LogP contribution in [0, 0.1) is 17.2 Å². The second-order valence-electron chi connectivity index (χ2n) is 4.49. The average Bonchev–Trinajstić information content (AvgIpc) is 2.47. The van der Waals surface area contributed by atoms with Crippen molar-refractivity contribution in [3.63, 3.8) is 0 Å². The molecule has 0 bridgehead atoms. The summed E-state index contributed by atoms with van der Waals surface area (Å²) in [6.07, 6.45) is 0.117. The van der Waals surface area contributed by atoms with Gasteiger partial charge >= 0.3 is 0 Å². The number of methoxy groups -OCH3 is 1. The molecule has 0 heterocycles. The van der Waals surface area contributed by atoms with Gasteiger partial charge in [0.15, 0.2) is 11.7 Å². The number of hydrogen-bond donors (Lipinski definition) is 1. The maximum Gasteiger partial charge on any atom is 0.244 e. The molecule has 1 aromatic rings. The molecule has 0 radical (unpaired) electrons. The highest BCUT2D eigenvalue weighted by molar-refractivity contribution is 6.04. The van der Waals surface area contributed by atoms with Crippen molar-refractivity contribution in [1.29, 1.82) is 5.26 Å². The largest absolute Gasteiger partial charge is 0.496 e. The lowest BCUT2D eigenvalue weighted by atomic mass is 9.90. The molecule has 0 saturated carbocycles. The van der Waals surface area contributed by atoms with E-state index in [2.05, 4.69) is 5.32 Å². The van der Waals surface area contributed by atoms with Gasteiger partial charge in [-0.3, -0.25) is 9.59 Å². The van der Waals surface area contributed by atoms with Crippen molar-refractivity contribution >= 4 is 11.7 Å². The Bertz CT molecular complexity index is 534. The van der Waals surface area contributed by atoms with E-state index in [9.17, 15) is 9.59 Å². The summed E-state index contributed by atoms with van der Waals surface area (Å²) >= 11 is 0. The number of nitrogens with zero attached hydrogens (tertiary/aromatic N) is 1. The number of ether oxygens (including phenoxy) is 1. The fraction of sp³-hybridized carbons (Fsp3) is 0.400. The fourth-order valence-corrected chi connectivity index (χ4v) is 2.02. The summed E-state index contributed by atoms with van der Waals surface area (Å²) in [5.74, 6) is -1.63. The van der Waals surface area contributed by atoms with Crippen molar-refractivity contribution in [2.75, 3.05) is 14.2 Å². The Kier molecular flexibility index (Phi) is 5.73. The van der Waals surface area contributed by atoms with Crippen LogP contribution in [-0.4, -0.2) is 25.8 Å². The Morgan fingerprint density at radius 1 is 1.40 bits per heavy atom. The summed E-state index contributed by atoms with van der Waals surface area (Å²) in [5, 5.41) is 11.3. The SMILES string of the molecule is CNC(=O)[C@@H](C#N)C(=O)C[C@@H](C)c1ccccc1OC. The molecule has 0 unspecified atom stereocenters. The van der Waals surface area contributed by atoms with Crippen LogP contribution in [0.1, 0.15) is 24.8 Å². The first-order chi connectivity index (χ1) is 9.54. The van der Waals surface area contributed by atoms with Crippen LogP contribution < -0.4 is 10.1 Å². The summed E-state index contributed by atoms with van der Waals surface area (Å²) in [7, 11) is 2.97. The molecule has 1 rings (SSSR count). The van der Waals surface area contributed by atoms with Crippen LogP contribution in [0.15, 0.2) is 24.3 Å². The van der Waals surface area contributed by atoms with Crippen LogP contribution in [0.5, 0.6) is 5.75 Å². The van der Waals surface area contributed by atoms with Crippen LogP contribution in [0.2, 0.25) is 0 Å². The molecular formula is C15H18N2O3. The van der Waals surface area contributed by atoms with E-state index in [0.29, 0.717) is 5.75 Å². The van der Waals surface area contributed by atoms with E-state index in [-0.39, 0.29) is 18.1 Å². The Morgan fingerprint density at radius 3 is 2.60 bits per heavy atom. The number of para-hydroxylation sites is 1. The third kappa shape index (κ3) is 3.58. The molecule has 0 aliphatic rings. The van der Waals surface area contributed by atoms with Crippen LogP contribution in [-0.2, 0) is 9.59 Å². The number of benzene rings is 1. The lowest BCUT2D eigenvalue weighted by Crippen LogP contribution is -2.32. The highest BCUT2D eigenvalue weighted by atomic mass is 16.5. The Labute approximate surface area is 118 Å². The van der Waals surface area contributed by atoms with Gasteiger partial charge in [-0.25, -0.2) is 0 Å². The number of ketones is 1. The monoisotopic (exact) mass is 274 g/mol. The molecule has 1 aromatic carbocycles. The van der Waals surface area contributed by atoms with Crippen LogP contribution in [0.25, 0.3) is 0 Å². The van der Waals surface area contributed by atoms with Crippen molar-refractivity contribution in [3.05, 3.63) is 29.8 Å². The van der Waals surface area contributed by atoms with Crippen LogP contribution in [0.3, 0.4) is 0 Å². The van der Waals surface area contributed by atoms with E-state index < -0.39 is 11.8 Å². The Morgan fingerprint density at radius 2 is 2.05 bits per heavy atom. The zero-order valence-corrected chi connectivity index (χ0v) is 11.8. The number of Topliss-reactive ketones (excluding diaryl/α,β-unsaturated/α-hetero) is 1. The second-order valence-corrected chi connectivity index (χ2v) is 4.49. The van der Waals surface area contributed by atoms with Gasteiger partial charge < -0.3 is 10.1 Å². The molecule has 2 atom stereocenters.